The normalized spacial score (nSPS) is 12.8. The molecule has 0 saturated heterocycles. The van der Waals surface area contributed by atoms with Gasteiger partial charge in [0.05, 0.1) is 31.6 Å². The highest BCUT2D eigenvalue weighted by Gasteiger charge is 2.37. The van der Waals surface area contributed by atoms with Gasteiger partial charge in [-0.1, -0.05) is 23.2 Å². The average molecular weight is 460 g/mol. The number of amides is 2. The summed E-state index contributed by atoms with van der Waals surface area (Å²) in [5.41, 5.74) is 0.691. The first-order valence-corrected chi connectivity index (χ1v) is 10.2. The number of imide groups is 1. The summed E-state index contributed by atoms with van der Waals surface area (Å²) >= 11 is 12.7. The lowest BCUT2D eigenvalue weighted by atomic mass is 10.1. The van der Waals surface area contributed by atoms with Crippen LogP contribution in [0.5, 0.6) is 0 Å². The maximum Gasteiger partial charge on any atom is 0.338 e. The topological polar surface area (TPSA) is 80.8 Å². The lowest BCUT2D eigenvalue weighted by molar-refractivity contribution is 0.0475. The van der Waals surface area contributed by atoms with E-state index in [1.807, 2.05) is 0 Å². The Morgan fingerprint density at radius 2 is 1.60 bits per heavy atom. The van der Waals surface area contributed by atoms with Gasteiger partial charge in [-0.2, -0.15) is 0 Å². The maximum atomic E-state index is 12.8. The molecule has 2 heterocycles. The molecule has 9 heteroatoms. The van der Waals surface area contributed by atoms with E-state index in [2.05, 4.69) is 0 Å². The van der Waals surface area contributed by atoms with Gasteiger partial charge in [0, 0.05) is 5.02 Å². The second-order valence-electron chi connectivity index (χ2n) is 6.29. The molecule has 30 heavy (non-hydrogen) atoms. The highest BCUT2D eigenvalue weighted by atomic mass is 35.5. The van der Waals surface area contributed by atoms with Crippen LogP contribution in [0.2, 0.25) is 9.36 Å². The minimum atomic E-state index is -0.779. The predicted molar refractivity (Wildman–Crippen MR) is 113 cm³/mol. The number of nitrogens with zero attached hydrogens (tertiary/aromatic N) is 1. The van der Waals surface area contributed by atoms with Crippen LogP contribution in [-0.2, 0) is 4.74 Å². The molecule has 0 N–H and O–H groups in total. The number of hydrogen-bond acceptors (Lipinski definition) is 6. The lowest BCUT2D eigenvalue weighted by Gasteiger charge is -2.13. The third-order valence-electron chi connectivity index (χ3n) is 4.39. The SMILES string of the molecule is O=C(OCC(=O)c1ccc(Cl)s1)c1ccc2c(c1)C(=O)N(c1ccc(Cl)cc1)C2=O. The van der Waals surface area contributed by atoms with Gasteiger partial charge in [0.2, 0.25) is 5.78 Å². The zero-order chi connectivity index (χ0) is 21.4. The molecule has 1 aromatic heterocycles. The van der Waals surface area contributed by atoms with Gasteiger partial charge in [0.15, 0.2) is 6.61 Å². The number of benzene rings is 2. The predicted octanol–water partition coefficient (Wildman–Crippen LogP) is 4.90. The number of ether oxygens (including phenoxy) is 1. The van der Waals surface area contributed by atoms with Crippen LogP contribution < -0.4 is 4.90 Å². The number of carbonyl (C=O) groups excluding carboxylic acids is 4. The Hall–Kier alpha value is -3.00. The van der Waals surface area contributed by atoms with Gasteiger partial charge in [0.1, 0.15) is 0 Å². The number of Topliss-reactive ketones (excluding diaryl/α,β-unsaturated/α-hetero) is 1. The third-order valence-corrected chi connectivity index (χ3v) is 5.91. The van der Waals surface area contributed by atoms with Crippen LogP contribution in [0.3, 0.4) is 0 Å². The first-order valence-electron chi connectivity index (χ1n) is 8.59. The second-order valence-corrected chi connectivity index (χ2v) is 8.44. The molecule has 0 bridgehead atoms. The van der Waals surface area contributed by atoms with E-state index in [1.165, 1.54) is 18.2 Å². The minimum Gasteiger partial charge on any atom is -0.454 e. The van der Waals surface area contributed by atoms with Crippen molar-refractivity contribution in [3.05, 3.63) is 85.5 Å². The monoisotopic (exact) mass is 459 g/mol. The summed E-state index contributed by atoms with van der Waals surface area (Å²) in [6.45, 7) is -0.462. The molecule has 0 atom stereocenters. The van der Waals surface area contributed by atoms with Crippen molar-refractivity contribution < 1.29 is 23.9 Å². The fraction of sp³-hybridized carbons (Fsp3) is 0.0476. The van der Waals surface area contributed by atoms with Gasteiger partial charge in [-0.15, -0.1) is 11.3 Å². The van der Waals surface area contributed by atoms with Gasteiger partial charge >= 0.3 is 5.97 Å². The van der Waals surface area contributed by atoms with E-state index < -0.39 is 24.4 Å². The number of thiophene rings is 1. The molecule has 150 valence electrons. The van der Waals surface area contributed by atoms with Crippen molar-refractivity contribution in [1.29, 1.82) is 0 Å². The molecule has 0 radical (unpaired) electrons. The highest BCUT2D eigenvalue weighted by molar-refractivity contribution is 7.18. The van der Waals surface area contributed by atoms with Crippen LogP contribution in [0.1, 0.15) is 40.7 Å². The molecule has 1 aliphatic rings. The molecule has 2 aromatic carbocycles. The van der Waals surface area contributed by atoms with Gasteiger partial charge in [-0.3, -0.25) is 14.4 Å². The number of ketones is 1. The lowest BCUT2D eigenvalue weighted by Crippen LogP contribution is -2.29. The van der Waals surface area contributed by atoms with Crippen LogP contribution in [0, 0.1) is 0 Å². The van der Waals surface area contributed by atoms with Crippen molar-refractivity contribution >= 4 is 63.8 Å². The third kappa shape index (κ3) is 3.75. The summed E-state index contributed by atoms with van der Waals surface area (Å²) in [5.74, 6) is -2.22. The second kappa shape index (κ2) is 8.02. The van der Waals surface area contributed by atoms with Gasteiger partial charge in [-0.25, -0.2) is 9.69 Å². The fourth-order valence-electron chi connectivity index (χ4n) is 2.94. The van der Waals surface area contributed by atoms with Crippen LogP contribution in [0.25, 0.3) is 0 Å². The number of hydrogen-bond donors (Lipinski definition) is 0. The van der Waals surface area contributed by atoms with Crippen LogP contribution in [0.15, 0.2) is 54.6 Å². The fourth-order valence-corrected chi connectivity index (χ4v) is 4.04. The molecule has 3 aromatic rings. The van der Waals surface area contributed by atoms with Crippen molar-refractivity contribution in [2.75, 3.05) is 11.5 Å². The van der Waals surface area contributed by atoms with Crippen molar-refractivity contribution in [2.24, 2.45) is 0 Å². The van der Waals surface area contributed by atoms with E-state index >= 15 is 0 Å². The number of esters is 1. The van der Waals surface area contributed by atoms with Crippen molar-refractivity contribution in [2.45, 2.75) is 0 Å². The van der Waals surface area contributed by atoms with Gasteiger partial charge < -0.3 is 4.74 Å². The molecule has 0 unspecified atom stereocenters. The Morgan fingerprint density at radius 3 is 2.27 bits per heavy atom. The van der Waals surface area contributed by atoms with E-state index in [1.54, 1.807) is 36.4 Å². The minimum absolute atomic E-state index is 0.0601. The molecule has 0 aliphatic carbocycles. The van der Waals surface area contributed by atoms with E-state index in [9.17, 15) is 19.2 Å². The van der Waals surface area contributed by atoms with Gasteiger partial charge in [0.25, 0.3) is 11.8 Å². The summed E-state index contributed by atoms with van der Waals surface area (Å²) < 4.78 is 5.51. The molecule has 6 nitrogen and oxygen atoms in total. The van der Waals surface area contributed by atoms with Crippen LogP contribution >= 0.6 is 34.5 Å². The number of anilines is 1. The Balaban J connectivity index is 1.51. The summed E-state index contributed by atoms with van der Waals surface area (Å²) in [6, 6.07) is 13.4. The smallest absolute Gasteiger partial charge is 0.338 e. The quantitative estimate of drug-likeness (QED) is 0.308. The van der Waals surface area contributed by atoms with Gasteiger partial charge in [-0.05, 0) is 54.6 Å². The number of carbonyl (C=O) groups is 4. The molecule has 2 amide bonds. The average Bonchev–Trinajstić information content (AvgIpc) is 3.28. The molecule has 0 saturated carbocycles. The number of rotatable bonds is 5. The van der Waals surface area contributed by atoms with E-state index in [4.69, 9.17) is 27.9 Å². The summed E-state index contributed by atoms with van der Waals surface area (Å²) in [7, 11) is 0. The molecule has 1 aliphatic heterocycles. The molecular weight excluding hydrogens is 449 g/mol. The Bertz CT molecular complexity index is 1200. The highest BCUT2D eigenvalue weighted by Crippen LogP contribution is 2.30. The zero-order valence-electron chi connectivity index (χ0n) is 15.1. The first-order chi connectivity index (χ1) is 14.3. The summed E-state index contributed by atoms with van der Waals surface area (Å²) in [4.78, 5) is 51.2. The van der Waals surface area contributed by atoms with E-state index in [-0.39, 0.29) is 22.5 Å². The van der Waals surface area contributed by atoms with Crippen molar-refractivity contribution in [1.82, 2.24) is 0 Å². The molecule has 4 rings (SSSR count). The number of halogens is 2. The van der Waals surface area contributed by atoms with Crippen molar-refractivity contribution in [3.63, 3.8) is 0 Å². The standard InChI is InChI=1S/C21H11Cl2NO5S/c22-12-2-4-13(5-3-12)24-19(26)14-6-1-11(9-15(14)20(24)27)21(28)29-10-16(25)17-7-8-18(23)30-17/h1-9H,10H2. The van der Waals surface area contributed by atoms with Crippen LogP contribution in [0.4, 0.5) is 5.69 Å². The van der Waals surface area contributed by atoms with Crippen molar-refractivity contribution in [3.8, 4) is 0 Å². The summed E-state index contributed by atoms with van der Waals surface area (Å²) in [6.07, 6.45) is 0. The molecular formula is C21H11Cl2NO5S. The maximum absolute atomic E-state index is 12.8. The Labute approximate surface area is 184 Å². The first kappa shape index (κ1) is 20.3. The van der Waals surface area contributed by atoms with E-state index in [0.717, 1.165) is 16.2 Å². The largest absolute Gasteiger partial charge is 0.454 e. The Kier molecular flexibility index (Phi) is 5.42. The molecule has 0 fully saturated rings. The number of fused-ring (bicyclic) bond motifs is 1. The molecule has 0 spiro atoms. The van der Waals surface area contributed by atoms with Crippen LogP contribution in [-0.4, -0.2) is 30.2 Å². The Morgan fingerprint density at radius 1 is 0.900 bits per heavy atom. The zero-order valence-corrected chi connectivity index (χ0v) is 17.4. The summed E-state index contributed by atoms with van der Waals surface area (Å²) in [5, 5.41) is 0.472. The van der Waals surface area contributed by atoms with E-state index in [0.29, 0.717) is 19.9 Å².